The Bertz CT molecular complexity index is 553. The van der Waals surface area contributed by atoms with Crippen molar-refractivity contribution in [2.24, 2.45) is 13.0 Å². The highest BCUT2D eigenvalue weighted by molar-refractivity contribution is 7.89. The molecular weight excluding hydrogens is 302 g/mol. The van der Waals surface area contributed by atoms with Gasteiger partial charge in [0.1, 0.15) is 10.0 Å². The molecule has 0 aliphatic heterocycles. The quantitative estimate of drug-likeness (QED) is 0.795. The van der Waals surface area contributed by atoms with Crippen molar-refractivity contribution in [3.05, 3.63) is 10.8 Å². The summed E-state index contributed by atoms with van der Waals surface area (Å²) in [7, 11) is -2.19. The van der Waals surface area contributed by atoms with Gasteiger partial charge in [-0.05, 0) is 12.8 Å². The van der Waals surface area contributed by atoms with Crippen LogP contribution in [0.15, 0.2) is 4.90 Å². The third kappa shape index (κ3) is 3.72. The third-order valence-corrected chi connectivity index (χ3v) is 5.56. The molecule has 6 nitrogen and oxygen atoms in total. The van der Waals surface area contributed by atoms with E-state index in [1.54, 1.807) is 14.0 Å². The molecule has 2 N–H and O–H groups in total. The number of sulfonamides is 1. The minimum Gasteiger partial charge on any atom is -0.391 e. The van der Waals surface area contributed by atoms with Crippen LogP contribution in [0.2, 0.25) is 5.15 Å². The van der Waals surface area contributed by atoms with Gasteiger partial charge in [0.05, 0.1) is 11.8 Å². The van der Waals surface area contributed by atoms with Gasteiger partial charge in [-0.3, -0.25) is 4.68 Å². The Balaban J connectivity index is 2.86. The molecule has 0 bridgehead atoms. The van der Waals surface area contributed by atoms with Crippen LogP contribution >= 0.6 is 11.6 Å². The van der Waals surface area contributed by atoms with Crippen molar-refractivity contribution >= 4 is 21.6 Å². The maximum Gasteiger partial charge on any atom is 0.245 e. The van der Waals surface area contributed by atoms with E-state index in [1.807, 2.05) is 13.8 Å². The summed E-state index contributed by atoms with van der Waals surface area (Å²) in [5, 5.41) is 14.0. The molecule has 0 aromatic carbocycles. The summed E-state index contributed by atoms with van der Waals surface area (Å²) in [4.78, 5) is -0.0292. The Morgan fingerprint density at radius 3 is 2.35 bits per heavy atom. The summed E-state index contributed by atoms with van der Waals surface area (Å²) in [5.41, 5.74) is 0.335. The fourth-order valence-corrected chi connectivity index (χ4v) is 3.98. The summed E-state index contributed by atoms with van der Waals surface area (Å²) in [5.74, 6) is 0.0724. The fourth-order valence-electron chi connectivity index (χ4n) is 2.18. The molecule has 1 heterocycles. The lowest BCUT2D eigenvalue weighted by molar-refractivity contribution is 0.107. The van der Waals surface area contributed by atoms with Crippen molar-refractivity contribution in [1.82, 2.24) is 14.5 Å². The molecule has 1 atom stereocenters. The molecule has 1 unspecified atom stereocenters. The SMILES string of the molecule is CCC(CC)C(O)CNS(=O)(=O)c1c(C)nn(C)c1Cl. The zero-order valence-corrected chi connectivity index (χ0v) is 13.8. The highest BCUT2D eigenvalue weighted by Crippen LogP contribution is 2.24. The molecule has 0 amide bonds. The second-order valence-electron chi connectivity index (χ2n) is 4.82. The van der Waals surface area contributed by atoms with Gasteiger partial charge < -0.3 is 5.11 Å². The summed E-state index contributed by atoms with van der Waals surface area (Å²) in [6.07, 6.45) is 0.883. The van der Waals surface area contributed by atoms with E-state index in [9.17, 15) is 13.5 Å². The smallest absolute Gasteiger partial charge is 0.245 e. The number of aliphatic hydroxyl groups is 1. The predicted molar refractivity (Wildman–Crippen MR) is 78.2 cm³/mol. The number of hydrogen-bond acceptors (Lipinski definition) is 4. The molecule has 0 radical (unpaired) electrons. The molecule has 116 valence electrons. The van der Waals surface area contributed by atoms with E-state index in [0.717, 1.165) is 12.8 Å². The van der Waals surface area contributed by atoms with Crippen molar-refractivity contribution in [2.45, 2.75) is 44.6 Å². The Morgan fingerprint density at radius 1 is 1.40 bits per heavy atom. The van der Waals surface area contributed by atoms with Gasteiger partial charge in [-0.2, -0.15) is 5.10 Å². The molecule has 1 aromatic rings. The number of halogens is 1. The molecule has 0 saturated carbocycles. The molecule has 1 aromatic heterocycles. The fraction of sp³-hybridized carbons (Fsp3) is 0.750. The van der Waals surface area contributed by atoms with Crippen LogP contribution in [-0.2, 0) is 17.1 Å². The van der Waals surface area contributed by atoms with Gasteiger partial charge in [-0.1, -0.05) is 38.3 Å². The molecule has 0 saturated heterocycles. The summed E-state index contributed by atoms with van der Waals surface area (Å²) < 4.78 is 28.2. The van der Waals surface area contributed by atoms with E-state index in [-0.39, 0.29) is 22.5 Å². The van der Waals surface area contributed by atoms with Gasteiger partial charge >= 0.3 is 0 Å². The van der Waals surface area contributed by atoms with E-state index in [4.69, 9.17) is 11.6 Å². The third-order valence-electron chi connectivity index (χ3n) is 3.44. The predicted octanol–water partition coefficient (Wildman–Crippen LogP) is 1.46. The van der Waals surface area contributed by atoms with E-state index in [1.165, 1.54) is 4.68 Å². The summed E-state index contributed by atoms with van der Waals surface area (Å²) in [6, 6.07) is 0. The minimum absolute atomic E-state index is 0.0284. The number of aryl methyl sites for hydroxylation is 2. The van der Waals surface area contributed by atoms with Gasteiger partial charge in [-0.25, -0.2) is 13.1 Å². The zero-order chi connectivity index (χ0) is 15.5. The molecule has 20 heavy (non-hydrogen) atoms. The Morgan fingerprint density at radius 2 is 1.95 bits per heavy atom. The minimum atomic E-state index is -3.77. The normalized spacial score (nSPS) is 13.9. The molecular formula is C12H22ClN3O3S. The van der Waals surface area contributed by atoms with Crippen molar-refractivity contribution in [1.29, 1.82) is 0 Å². The highest BCUT2D eigenvalue weighted by atomic mass is 35.5. The van der Waals surface area contributed by atoms with Crippen LogP contribution in [0.1, 0.15) is 32.4 Å². The van der Waals surface area contributed by atoms with Crippen molar-refractivity contribution in [3.8, 4) is 0 Å². The first-order valence-electron chi connectivity index (χ1n) is 6.61. The lowest BCUT2D eigenvalue weighted by Crippen LogP contribution is -2.36. The average Bonchev–Trinajstić information content (AvgIpc) is 2.63. The topological polar surface area (TPSA) is 84.2 Å². The van der Waals surface area contributed by atoms with Crippen LogP contribution in [0.4, 0.5) is 0 Å². The maximum atomic E-state index is 12.2. The summed E-state index contributed by atoms with van der Waals surface area (Å²) in [6.45, 7) is 5.49. The second kappa shape index (κ2) is 6.89. The number of nitrogens with one attached hydrogen (secondary N) is 1. The first kappa shape index (κ1) is 17.4. The zero-order valence-electron chi connectivity index (χ0n) is 12.2. The number of hydrogen-bond donors (Lipinski definition) is 2. The van der Waals surface area contributed by atoms with Crippen molar-refractivity contribution in [2.75, 3.05) is 6.54 Å². The number of nitrogens with zero attached hydrogens (tertiary/aromatic N) is 2. The molecule has 0 aliphatic rings. The number of rotatable bonds is 7. The maximum absolute atomic E-state index is 12.2. The molecule has 0 aliphatic carbocycles. The van der Waals surface area contributed by atoms with Crippen molar-refractivity contribution in [3.63, 3.8) is 0 Å². The monoisotopic (exact) mass is 323 g/mol. The van der Waals surface area contributed by atoms with E-state index >= 15 is 0 Å². The van der Waals surface area contributed by atoms with Gasteiger partial charge in [0.15, 0.2) is 0 Å². The average molecular weight is 324 g/mol. The lowest BCUT2D eigenvalue weighted by Gasteiger charge is -2.20. The Hall–Kier alpha value is -0.630. The van der Waals surface area contributed by atoms with Crippen LogP contribution < -0.4 is 4.72 Å². The molecule has 0 spiro atoms. The van der Waals surface area contributed by atoms with Crippen LogP contribution in [0.25, 0.3) is 0 Å². The second-order valence-corrected chi connectivity index (χ2v) is 6.89. The molecule has 0 fully saturated rings. The summed E-state index contributed by atoms with van der Waals surface area (Å²) >= 11 is 5.95. The molecule has 8 heteroatoms. The van der Waals surface area contributed by atoms with E-state index < -0.39 is 16.1 Å². The largest absolute Gasteiger partial charge is 0.391 e. The van der Waals surface area contributed by atoms with E-state index in [0.29, 0.717) is 5.69 Å². The first-order valence-corrected chi connectivity index (χ1v) is 8.47. The van der Waals surface area contributed by atoms with Crippen molar-refractivity contribution < 1.29 is 13.5 Å². The lowest BCUT2D eigenvalue weighted by atomic mass is 9.97. The van der Waals surface area contributed by atoms with Crippen LogP contribution in [0.3, 0.4) is 0 Å². The van der Waals surface area contributed by atoms with Gasteiger partial charge in [0, 0.05) is 13.6 Å². The number of aliphatic hydroxyl groups excluding tert-OH is 1. The van der Waals surface area contributed by atoms with Crippen LogP contribution in [0.5, 0.6) is 0 Å². The Kier molecular flexibility index (Phi) is 6.00. The van der Waals surface area contributed by atoms with Crippen LogP contribution in [0, 0.1) is 12.8 Å². The van der Waals surface area contributed by atoms with E-state index in [2.05, 4.69) is 9.82 Å². The van der Waals surface area contributed by atoms with Gasteiger partial charge in [0.25, 0.3) is 0 Å². The molecule has 1 rings (SSSR count). The van der Waals surface area contributed by atoms with Gasteiger partial charge in [0.2, 0.25) is 10.0 Å². The first-order chi connectivity index (χ1) is 9.24. The Labute approximate surface area is 125 Å². The highest BCUT2D eigenvalue weighted by Gasteiger charge is 2.26. The van der Waals surface area contributed by atoms with Crippen LogP contribution in [-0.4, -0.2) is 36.0 Å². The standard InChI is InChI=1S/C12H22ClN3O3S/c1-5-9(6-2)10(17)7-14-20(18,19)11-8(3)15-16(4)12(11)13/h9-10,14,17H,5-7H2,1-4H3. The van der Waals surface area contributed by atoms with Gasteiger partial charge in [-0.15, -0.1) is 0 Å². The number of aromatic nitrogens is 2.